The SMILES string of the molecule is COP(=O)(ON=[N+]=[N-])ON=S(=O)=O. The molecule has 0 N–H and O–H groups in total. The fourth-order valence-electron chi connectivity index (χ4n) is 0.211. The van der Waals surface area contributed by atoms with E-state index in [-0.39, 0.29) is 0 Å². The molecule has 0 saturated heterocycles. The summed E-state index contributed by atoms with van der Waals surface area (Å²) in [6.07, 6.45) is 0. The van der Waals surface area contributed by atoms with Crippen molar-refractivity contribution >= 4 is 18.3 Å². The van der Waals surface area contributed by atoms with Gasteiger partial charge in [0.15, 0.2) is 0 Å². The van der Waals surface area contributed by atoms with Gasteiger partial charge in [0.25, 0.3) is 0 Å². The molecule has 0 aliphatic rings. The largest absolute Gasteiger partial charge is 0.560 e. The second kappa shape index (κ2) is 5.51. The van der Waals surface area contributed by atoms with Crippen molar-refractivity contribution in [2.24, 2.45) is 9.80 Å². The van der Waals surface area contributed by atoms with Crippen LogP contribution in [0.3, 0.4) is 0 Å². The van der Waals surface area contributed by atoms with Crippen LogP contribution < -0.4 is 0 Å². The van der Waals surface area contributed by atoms with Crippen LogP contribution in [0.1, 0.15) is 0 Å². The minimum absolute atomic E-state index is 0.886. The van der Waals surface area contributed by atoms with Crippen molar-refractivity contribution in [3.8, 4) is 0 Å². The van der Waals surface area contributed by atoms with Gasteiger partial charge in [-0.05, 0) is 5.53 Å². The van der Waals surface area contributed by atoms with Crippen molar-refractivity contribution < 1.29 is 26.8 Å². The van der Waals surface area contributed by atoms with Crippen LogP contribution in [0.15, 0.2) is 9.80 Å². The van der Waals surface area contributed by atoms with E-state index in [1.807, 2.05) is 0 Å². The molecule has 0 aliphatic heterocycles. The summed E-state index contributed by atoms with van der Waals surface area (Å²) in [6, 6.07) is 0. The molecule has 0 bridgehead atoms. The zero-order chi connectivity index (χ0) is 10.3. The van der Waals surface area contributed by atoms with E-state index in [4.69, 9.17) is 5.53 Å². The lowest BCUT2D eigenvalue weighted by atomic mass is 11.8. The lowest BCUT2D eigenvalue weighted by Gasteiger charge is -2.05. The molecule has 0 spiro atoms. The van der Waals surface area contributed by atoms with Gasteiger partial charge in [-0.2, -0.15) is 8.42 Å². The highest BCUT2D eigenvalue weighted by Crippen LogP contribution is 2.49. The predicted molar refractivity (Wildman–Crippen MR) is 37.3 cm³/mol. The maximum atomic E-state index is 10.9. The molecule has 0 rings (SSSR count). The van der Waals surface area contributed by atoms with Gasteiger partial charge in [0.1, 0.15) is 5.28 Å². The van der Waals surface area contributed by atoms with Gasteiger partial charge in [0, 0.05) is 16.5 Å². The normalized spacial score (nSPS) is 13.6. The summed E-state index contributed by atoms with van der Waals surface area (Å²) in [5, 5.41) is 2.40. The summed E-state index contributed by atoms with van der Waals surface area (Å²) in [7, 11) is -6.30. The van der Waals surface area contributed by atoms with E-state index in [1.54, 1.807) is 0 Å². The molecule has 0 amide bonds. The first-order valence-corrected chi connectivity index (χ1v) is 4.91. The van der Waals surface area contributed by atoms with Crippen LogP contribution >= 0.6 is 7.82 Å². The molecule has 0 heterocycles. The second-order valence-electron chi connectivity index (χ2n) is 1.26. The molecule has 74 valence electrons. The van der Waals surface area contributed by atoms with Gasteiger partial charge in [-0.3, -0.25) is 4.52 Å². The molecule has 0 radical (unpaired) electrons. The van der Waals surface area contributed by atoms with Gasteiger partial charge in [0.05, 0.1) is 0 Å². The van der Waals surface area contributed by atoms with Crippen molar-refractivity contribution in [1.29, 1.82) is 0 Å². The van der Waals surface area contributed by atoms with E-state index < -0.39 is 18.3 Å². The van der Waals surface area contributed by atoms with Crippen LogP contribution in [0.5, 0.6) is 0 Å². The first-order chi connectivity index (χ1) is 6.04. The monoisotopic (exact) mass is 230 g/mol. The maximum Gasteiger partial charge on any atom is 0.560 e. The van der Waals surface area contributed by atoms with Crippen LogP contribution in [0, 0.1) is 0 Å². The molecule has 0 aromatic rings. The summed E-state index contributed by atoms with van der Waals surface area (Å²) < 4.78 is 44.6. The Morgan fingerprint density at radius 3 is 2.46 bits per heavy atom. The standard InChI is InChI=1S/CH3N4O6PS/c1-9-12(6,10-4-3-2)11-5-13(7)8/h1H3. The van der Waals surface area contributed by atoms with Gasteiger partial charge in [-0.25, -0.2) is 4.57 Å². The molecule has 10 nitrogen and oxygen atoms in total. The summed E-state index contributed by atoms with van der Waals surface area (Å²) in [6.45, 7) is 0. The second-order valence-corrected chi connectivity index (χ2v) is 3.43. The molecule has 13 heavy (non-hydrogen) atoms. The molecule has 0 fully saturated rings. The third kappa shape index (κ3) is 5.17. The van der Waals surface area contributed by atoms with Crippen LogP contribution in [-0.4, -0.2) is 15.5 Å². The van der Waals surface area contributed by atoms with Crippen molar-refractivity contribution in [3.05, 3.63) is 10.4 Å². The van der Waals surface area contributed by atoms with Crippen LogP contribution in [-0.2, 0) is 28.8 Å². The summed E-state index contributed by atoms with van der Waals surface area (Å²) in [5.41, 5.74) is 7.75. The molecule has 1 unspecified atom stereocenters. The molecule has 0 saturated carbocycles. The average Bonchev–Trinajstić information content (AvgIpc) is 2.11. The number of hydrogen-bond donors (Lipinski definition) is 0. The average molecular weight is 230 g/mol. The molecule has 0 aliphatic carbocycles. The van der Waals surface area contributed by atoms with E-state index >= 15 is 0 Å². The molecule has 1 atom stereocenters. The topological polar surface area (TPSA) is 140 Å². The van der Waals surface area contributed by atoms with Crippen LogP contribution in [0.25, 0.3) is 10.4 Å². The number of phosphoric acid groups is 1. The van der Waals surface area contributed by atoms with Crippen molar-refractivity contribution in [1.82, 2.24) is 0 Å². The quantitative estimate of drug-likeness (QED) is 0.226. The Morgan fingerprint density at radius 2 is 2.08 bits per heavy atom. The highest BCUT2D eigenvalue weighted by molar-refractivity contribution is 7.61. The highest BCUT2D eigenvalue weighted by Gasteiger charge is 2.27. The minimum Gasteiger partial charge on any atom is -0.335 e. The number of nitrogens with zero attached hydrogens (tertiary/aromatic N) is 4. The Kier molecular flexibility index (Phi) is 5.04. The van der Waals surface area contributed by atoms with Gasteiger partial charge in [0.2, 0.25) is 0 Å². The summed E-state index contributed by atoms with van der Waals surface area (Å²) in [4.78, 5) is 2.07. The minimum atomic E-state index is -4.25. The summed E-state index contributed by atoms with van der Waals surface area (Å²) in [5.74, 6) is 0. The van der Waals surface area contributed by atoms with Gasteiger partial charge in [-0.15, -0.1) is 4.62 Å². The predicted octanol–water partition coefficient (Wildman–Crippen LogP) is 0.977. The first kappa shape index (κ1) is 11.9. The van der Waals surface area contributed by atoms with Gasteiger partial charge < -0.3 is 4.62 Å². The Morgan fingerprint density at radius 1 is 1.46 bits per heavy atom. The smallest absolute Gasteiger partial charge is 0.335 e. The molecule has 12 heteroatoms. The number of azide groups is 1. The first-order valence-electron chi connectivity index (χ1n) is 2.42. The summed E-state index contributed by atoms with van der Waals surface area (Å²) >= 11 is 0. The fourth-order valence-corrected chi connectivity index (χ4v) is 1.04. The van der Waals surface area contributed by atoms with Crippen molar-refractivity contribution in [2.45, 2.75) is 0 Å². The van der Waals surface area contributed by atoms with E-state index in [2.05, 4.69) is 28.5 Å². The zero-order valence-electron chi connectivity index (χ0n) is 6.09. The van der Waals surface area contributed by atoms with Crippen molar-refractivity contribution in [2.75, 3.05) is 7.11 Å². The van der Waals surface area contributed by atoms with Crippen LogP contribution in [0.4, 0.5) is 0 Å². The third-order valence-electron chi connectivity index (χ3n) is 0.591. The van der Waals surface area contributed by atoms with Crippen LogP contribution in [0.2, 0.25) is 0 Å². The fraction of sp³-hybridized carbons (Fsp3) is 1.00. The molecule has 0 aromatic carbocycles. The number of hydrogen-bond acceptors (Lipinski definition) is 8. The highest BCUT2D eigenvalue weighted by atomic mass is 32.2. The Balaban J connectivity index is 4.55. The maximum absolute atomic E-state index is 10.9. The lowest BCUT2D eigenvalue weighted by molar-refractivity contribution is 0.138. The van der Waals surface area contributed by atoms with E-state index in [1.165, 1.54) is 0 Å². The Labute approximate surface area is 73.3 Å². The van der Waals surface area contributed by atoms with Gasteiger partial charge >= 0.3 is 18.3 Å². The Bertz CT molecular complexity index is 371. The Hall–Kier alpha value is -1.12. The van der Waals surface area contributed by atoms with E-state index in [0.29, 0.717) is 0 Å². The molecular weight excluding hydrogens is 227 g/mol. The molecule has 0 aromatic heterocycles. The third-order valence-corrected chi connectivity index (χ3v) is 1.90. The number of rotatable bonds is 5. The molecular formula is CH3N4O6PS. The zero-order valence-corrected chi connectivity index (χ0v) is 7.80. The van der Waals surface area contributed by atoms with E-state index in [9.17, 15) is 13.0 Å². The lowest BCUT2D eigenvalue weighted by Crippen LogP contribution is -1.88. The van der Waals surface area contributed by atoms with E-state index in [0.717, 1.165) is 7.11 Å². The van der Waals surface area contributed by atoms with Crippen molar-refractivity contribution in [3.63, 3.8) is 0 Å². The van der Waals surface area contributed by atoms with Gasteiger partial charge in [-0.1, -0.05) is 0 Å².